The number of anilines is 2. The van der Waals surface area contributed by atoms with Crippen LogP contribution in [-0.4, -0.2) is 48.1 Å². The first-order chi connectivity index (χ1) is 8.58. The van der Waals surface area contributed by atoms with Gasteiger partial charge in [0, 0.05) is 30.9 Å². The lowest BCUT2D eigenvalue weighted by Crippen LogP contribution is -2.30. The quantitative estimate of drug-likeness (QED) is 0.856. The van der Waals surface area contributed by atoms with Gasteiger partial charge >= 0.3 is 0 Å². The van der Waals surface area contributed by atoms with Crippen molar-refractivity contribution in [1.82, 2.24) is 14.9 Å². The first-order valence-corrected chi connectivity index (χ1v) is 6.58. The molecule has 0 aliphatic carbocycles. The summed E-state index contributed by atoms with van der Waals surface area (Å²) in [5, 5.41) is 0. The molecule has 0 saturated carbocycles. The molecule has 5 nitrogen and oxygen atoms in total. The molecule has 18 heavy (non-hydrogen) atoms. The Labute approximate surface area is 109 Å². The Kier molecular flexibility index (Phi) is 4.01. The van der Waals surface area contributed by atoms with Crippen LogP contribution in [0.25, 0.3) is 0 Å². The summed E-state index contributed by atoms with van der Waals surface area (Å²) in [6.07, 6.45) is 5.44. The highest BCUT2D eigenvalue weighted by Crippen LogP contribution is 2.22. The highest BCUT2D eigenvalue weighted by atomic mass is 15.2. The van der Waals surface area contributed by atoms with E-state index in [4.69, 9.17) is 5.73 Å². The number of aryl methyl sites for hydroxylation is 1. The zero-order chi connectivity index (χ0) is 13.1. The molecule has 1 aromatic heterocycles. The molecule has 2 N–H and O–H groups in total. The van der Waals surface area contributed by atoms with Crippen molar-refractivity contribution in [3.8, 4) is 0 Å². The highest BCUT2D eigenvalue weighted by Gasteiger charge is 2.20. The van der Waals surface area contributed by atoms with Gasteiger partial charge < -0.3 is 15.5 Å². The molecule has 100 valence electrons. The average Bonchev–Trinajstić information content (AvgIpc) is 2.58. The topological polar surface area (TPSA) is 58.3 Å². The fourth-order valence-corrected chi connectivity index (χ4v) is 2.57. The van der Waals surface area contributed by atoms with E-state index in [2.05, 4.69) is 33.9 Å². The molecule has 0 spiro atoms. The summed E-state index contributed by atoms with van der Waals surface area (Å²) in [5.41, 5.74) is 6.80. The first-order valence-electron chi connectivity index (χ1n) is 6.58. The number of hydrogen-bond donors (Lipinski definition) is 1. The molecule has 2 rings (SSSR count). The number of nitrogens with zero attached hydrogens (tertiary/aromatic N) is 4. The molecule has 0 bridgehead atoms. The van der Waals surface area contributed by atoms with Crippen molar-refractivity contribution in [1.29, 1.82) is 0 Å². The van der Waals surface area contributed by atoms with E-state index in [9.17, 15) is 0 Å². The summed E-state index contributed by atoms with van der Waals surface area (Å²) in [7, 11) is 4.32. The summed E-state index contributed by atoms with van der Waals surface area (Å²) < 4.78 is 0. The van der Waals surface area contributed by atoms with Crippen LogP contribution in [-0.2, 0) is 0 Å². The van der Waals surface area contributed by atoms with E-state index < -0.39 is 0 Å². The molecule has 1 aromatic rings. The van der Waals surface area contributed by atoms with Crippen LogP contribution < -0.4 is 10.6 Å². The maximum Gasteiger partial charge on any atom is 0.221 e. The molecular formula is C13H23N5. The molecule has 0 radical (unpaired) electrons. The minimum atomic E-state index is 0.365. The minimum Gasteiger partial charge on any atom is -0.368 e. The Morgan fingerprint density at radius 2 is 2.11 bits per heavy atom. The molecule has 1 saturated heterocycles. The number of nitrogen functional groups attached to an aromatic ring is 1. The van der Waals surface area contributed by atoms with Gasteiger partial charge in [-0.3, -0.25) is 0 Å². The third-order valence-corrected chi connectivity index (χ3v) is 3.69. The predicted molar refractivity (Wildman–Crippen MR) is 74.7 cm³/mol. The van der Waals surface area contributed by atoms with Crippen molar-refractivity contribution in [2.75, 3.05) is 37.8 Å². The average molecular weight is 249 g/mol. The van der Waals surface area contributed by atoms with E-state index >= 15 is 0 Å². The second-order valence-electron chi connectivity index (χ2n) is 5.27. The van der Waals surface area contributed by atoms with E-state index in [0.717, 1.165) is 24.5 Å². The van der Waals surface area contributed by atoms with Gasteiger partial charge in [-0.05, 0) is 40.3 Å². The molecule has 1 aliphatic rings. The molecule has 1 aliphatic heterocycles. The van der Waals surface area contributed by atoms with Crippen LogP contribution in [0.4, 0.5) is 11.8 Å². The van der Waals surface area contributed by atoms with Gasteiger partial charge in [0.05, 0.1) is 0 Å². The second-order valence-corrected chi connectivity index (χ2v) is 5.27. The minimum absolute atomic E-state index is 0.365. The SMILES string of the molecule is Cc1cnc(N)nc1N1CCC[C@H](N(C)C)CC1. The smallest absolute Gasteiger partial charge is 0.221 e. The van der Waals surface area contributed by atoms with Gasteiger partial charge in [-0.25, -0.2) is 4.98 Å². The van der Waals surface area contributed by atoms with Crippen molar-refractivity contribution in [3.05, 3.63) is 11.8 Å². The van der Waals surface area contributed by atoms with Crippen molar-refractivity contribution < 1.29 is 0 Å². The maximum absolute atomic E-state index is 5.69. The number of nitrogens with two attached hydrogens (primary N) is 1. The van der Waals surface area contributed by atoms with Gasteiger partial charge in [0.25, 0.3) is 0 Å². The van der Waals surface area contributed by atoms with Crippen LogP contribution in [0.1, 0.15) is 24.8 Å². The van der Waals surface area contributed by atoms with Gasteiger partial charge in [0.1, 0.15) is 5.82 Å². The Hall–Kier alpha value is -1.36. The van der Waals surface area contributed by atoms with Crippen LogP contribution in [0.15, 0.2) is 6.20 Å². The largest absolute Gasteiger partial charge is 0.368 e. The lowest BCUT2D eigenvalue weighted by molar-refractivity contribution is 0.272. The third kappa shape index (κ3) is 2.90. The summed E-state index contributed by atoms with van der Waals surface area (Å²) in [6.45, 7) is 4.14. The van der Waals surface area contributed by atoms with E-state index in [-0.39, 0.29) is 0 Å². The van der Waals surface area contributed by atoms with E-state index in [1.165, 1.54) is 19.3 Å². The predicted octanol–water partition coefficient (Wildman–Crippen LogP) is 1.29. The summed E-state index contributed by atoms with van der Waals surface area (Å²) >= 11 is 0. The van der Waals surface area contributed by atoms with Crippen molar-refractivity contribution in [2.24, 2.45) is 0 Å². The third-order valence-electron chi connectivity index (χ3n) is 3.69. The second kappa shape index (κ2) is 5.52. The lowest BCUT2D eigenvalue weighted by Gasteiger charge is -2.24. The summed E-state index contributed by atoms with van der Waals surface area (Å²) in [4.78, 5) is 13.1. The van der Waals surface area contributed by atoms with Gasteiger partial charge in [-0.1, -0.05) is 0 Å². The molecular weight excluding hydrogens is 226 g/mol. The molecule has 0 amide bonds. The van der Waals surface area contributed by atoms with E-state index in [0.29, 0.717) is 12.0 Å². The Balaban J connectivity index is 2.12. The van der Waals surface area contributed by atoms with Gasteiger partial charge in [-0.15, -0.1) is 0 Å². The van der Waals surface area contributed by atoms with Crippen LogP contribution in [0, 0.1) is 6.92 Å². The van der Waals surface area contributed by atoms with Crippen LogP contribution >= 0.6 is 0 Å². The number of hydrogen-bond acceptors (Lipinski definition) is 5. The summed E-state index contributed by atoms with van der Waals surface area (Å²) in [5.74, 6) is 1.37. The Morgan fingerprint density at radius 3 is 2.83 bits per heavy atom. The first kappa shape index (κ1) is 13.1. The number of aromatic nitrogens is 2. The number of rotatable bonds is 2. The van der Waals surface area contributed by atoms with Gasteiger partial charge in [0.2, 0.25) is 5.95 Å². The lowest BCUT2D eigenvalue weighted by atomic mass is 10.1. The molecule has 0 unspecified atom stereocenters. The van der Waals surface area contributed by atoms with Crippen molar-refractivity contribution in [3.63, 3.8) is 0 Å². The Morgan fingerprint density at radius 1 is 1.33 bits per heavy atom. The zero-order valence-electron chi connectivity index (χ0n) is 11.6. The van der Waals surface area contributed by atoms with Crippen LogP contribution in [0.5, 0.6) is 0 Å². The monoisotopic (exact) mass is 249 g/mol. The summed E-state index contributed by atoms with van der Waals surface area (Å²) in [6, 6.07) is 0.675. The van der Waals surface area contributed by atoms with E-state index in [1.807, 2.05) is 13.1 Å². The fraction of sp³-hybridized carbons (Fsp3) is 0.692. The molecule has 1 atom stereocenters. The Bertz CT molecular complexity index is 404. The molecule has 5 heteroatoms. The van der Waals surface area contributed by atoms with Crippen LogP contribution in [0.2, 0.25) is 0 Å². The van der Waals surface area contributed by atoms with Gasteiger partial charge in [0.15, 0.2) is 0 Å². The van der Waals surface area contributed by atoms with Crippen LogP contribution in [0.3, 0.4) is 0 Å². The standard InChI is InChI=1S/C13H23N5/c1-10-9-15-13(14)16-12(10)18-7-4-5-11(6-8-18)17(2)3/h9,11H,4-8H2,1-3H3,(H2,14,15,16)/t11-/m0/s1. The zero-order valence-corrected chi connectivity index (χ0v) is 11.6. The van der Waals surface area contributed by atoms with Gasteiger partial charge in [-0.2, -0.15) is 4.98 Å². The fourth-order valence-electron chi connectivity index (χ4n) is 2.57. The maximum atomic E-state index is 5.69. The van der Waals surface area contributed by atoms with E-state index in [1.54, 1.807) is 0 Å². The van der Waals surface area contributed by atoms with Crippen molar-refractivity contribution >= 4 is 11.8 Å². The van der Waals surface area contributed by atoms with Crippen molar-refractivity contribution in [2.45, 2.75) is 32.2 Å². The molecule has 1 fully saturated rings. The molecule has 2 heterocycles. The molecule has 0 aromatic carbocycles. The highest BCUT2D eigenvalue weighted by molar-refractivity contribution is 5.48. The normalized spacial score (nSPS) is 21.1.